The average molecular weight is 371 g/mol. The molecule has 6 heteroatoms. The molecule has 0 aromatic rings. The van der Waals surface area contributed by atoms with Crippen molar-refractivity contribution in [3.05, 3.63) is 24.7 Å². The van der Waals surface area contributed by atoms with Crippen LogP contribution in [-0.2, 0) is 13.6 Å². The highest BCUT2D eigenvalue weighted by Gasteiger charge is 2.62. The number of carboxylic acids is 1. The van der Waals surface area contributed by atoms with Crippen LogP contribution in [0.2, 0.25) is 39.3 Å². The highest BCUT2D eigenvalue weighted by Crippen LogP contribution is 2.61. The Hall–Kier alpha value is -1.02. The SMILES string of the molecule is C=C(O[Si](C)(C)C)C(C[C@@H]1[C@H](C(=O)O)C1(C)C)C(=C)O[Si](C)(C)C. The van der Waals surface area contributed by atoms with Crippen LogP contribution in [0.3, 0.4) is 0 Å². The molecule has 2 atom stereocenters. The summed E-state index contributed by atoms with van der Waals surface area (Å²) in [6.07, 6.45) is 0.663. The molecule has 4 nitrogen and oxygen atoms in total. The van der Waals surface area contributed by atoms with E-state index >= 15 is 0 Å². The van der Waals surface area contributed by atoms with Crippen LogP contribution >= 0.6 is 0 Å². The van der Waals surface area contributed by atoms with E-state index in [1.807, 2.05) is 13.8 Å². The van der Waals surface area contributed by atoms with Gasteiger partial charge in [-0.25, -0.2) is 0 Å². The summed E-state index contributed by atoms with van der Waals surface area (Å²) in [6.45, 7) is 24.9. The Labute approximate surface area is 149 Å². The van der Waals surface area contributed by atoms with Crippen LogP contribution in [0.4, 0.5) is 0 Å². The third kappa shape index (κ3) is 5.51. The van der Waals surface area contributed by atoms with Gasteiger partial charge in [0.2, 0.25) is 16.6 Å². The first-order valence-corrected chi connectivity index (χ1v) is 15.4. The second-order valence-electron chi connectivity index (χ2n) is 9.39. The molecule has 138 valence electrons. The Balaban J connectivity index is 2.96. The van der Waals surface area contributed by atoms with E-state index in [9.17, 15) is 9.90 Å². The Bertz CT molecular complexity index is 498. The van der Waals surface area contributed by atoms with Gasteiger partial charge in [0, 0.05) is 0 Å². The van der Waals surface area contributed by atoms with E-state index in [4.69, 9.17) is 8.85 Å². The summed E-state index contributed by atoms with van der Waals surface area (Å²) < 4.78 is 12.2. The predicted molar refractivity (Wildman–Crippen MR) is 104 cm³/mol. The van der Waals surface area contributed by atoms with Crippen molar-refractivity contribution in [3.8, 4) is 0 Å². The first kappa shape index (κ1) is 21.0. The molecule has 1 fully saturated rings. The van der Waals surface area contributed by atoms with Crippen molar-refractivity contribution in [2.75, 3.05) is 0 Å². The minimum Gasteiger partial charge on any atom is -0.547 e. The van der Waals surface area contributed by atoms with Crippen molar-refractivity contribution in [1.29, 1.82) is 0 Å². The van der Waals surface area contributed by atoms with Gasteiger partial charge in [0.1, 0.15) is 0 Å². The summed E-state index contributed by atoms with van der Waals surface area (Å²) in [7, 11) is -3.59. The first-order valence-electron chi connectivity index (χ1n) is 8.54. The lowest BCUT2D eigenvalue weighted by Crippen LogP contribution is -2.31. The smallest absolute Gasteiger partial charge is 0.307 e. The van der Waals surface area contributed by atoms with E-state index in [0.717, 1.165) is 0 Å². The Morgan fingerprint density at radius 3 is 1.67 bits per heavy atom. The number of aliphatic carboxylic acids is 1. The summed E-state index contributed by atoms with van der Waals surface area (Å²) in [5, 5.41) is 9.43. The first-order chi connectivity index (χ1) is 10.6. The largest absolute Gasteiger partial charge is 0.547 e. The zero-order valence-electron chi connectivity index (χ0n) is 16.5. The lowest BCUT2D eigenvalue weighted by molar-refractivity contribution is -0.139. The molecule has 1 aliphatic rings. The normalized spacial score (nSPS) is 22.9. The van der Waals surface area contributed by atoms with Crippen LogP contribution in [0.25, 0.3) is 0 Å². The molecule has 0 aliphatic heterocycles. The van der Waals surface area contributed by atoms with Crippen LogP contribution in [-0.4, -0.2) is 27.7 Å². The van der Waals surface area contributed by atoms with Crippen molar-refractivity contribution in [1.82, 2.24) is 0 Å². The van der Waals surface area contributed by atoms with Gasteiger partial charge in [0.05, 0.1) is 23.4 Å². The number of carbonyl (C=O) groups is 1. The van der Waals surface area contributed by atoms with Gasteiger partial charge in [-0.2, -0.15) is 0 Å². The topological polar surface area (TPSA) is 55.8 Å². The second kappa shape index (κ2) is 6.71. The molecule has 0 saturated heterocycles. The van der Waals surface area contributed by atoms with Gasteiger partial charge in [-0.3, -0.25) is 4.79 Å². The molecule has 0 spiro atoms. The molecule has 1 rings (SSSR count). The molecular formula is C18H34O4Si2. The van der Waals surface area contributed by atoms with Crippen molar-refractivity contribution in [2.45, 2.75) is 59.6 Å². The molecule has 1 saturated carbocycles. The molecule has 0 amide bonds. The van der Waals surface area contributed by atoms with Crippen LogP contribution in [0.5, 0.6) is 0 Å². The number of hydrogen-bond donors (Lipinski definition) is 1. The lowest BCUT2D eigenvalue weighted by atomic mass is 9.95. The average Bonchev–Trinajstić information content (AvgIpc) is 2.82. The fraction of sp³-hybridized carbons (Fsp3) is 0.722. The quantitative estimate of drug-likeness (QED) is 0.454. The van der Waals surface area contributed by atoms with E-state index in [2.05, 4.69) is 52.4 Å². The second-order valence-corrected chi connectivity index (χ2v) is 18.3. The minimum atomic E-state index is -1.79. The molecule has 24 heavy (non-hydrogen) atoms. The highest BCUT2D eigenvalue weighted by molar-refractivity contribution is 6.70. The molecule has 0 heterocycles. The van der Waals surface area contributed by atoms with Gasteiger partial charge in [-0.05, 0) is 57.0 Å². The van der Waals surface area contributed by atoms with Crippen molar-refractivity contribution < 1.29 is 18.8 Å². The predicted octanol–water partition coefficient (Wildman–Crippen LogP) is 5.08. The van der Waals surface area contributed by atoms with Crippen LogP contribution in [0, 0.1) is 23.2 Å². The minimum absolute atomic E-state index is 0.0870. The van der Waals surface area contributed by atoms with Crippen LogP contribution < -0.4 is 0 Å². The van der Waals surface area contributed by atoms with Crippen molar-refractivity contribution in [2.24, 2.45) is 23.2 Å². The van der Waals surface area contributed by atoms with E-state index < -0.39 is 22.6 Å². The number of hydrogen-bond acceptors (Lipinski definition) is 3. The Morgan fingerprint density at radius 1 is 1.04 bits per heavy atom. The van der Waals surface area contributed by atoms with Crippen molar-refractivity contribution in [3.63, 3.8) is 0 Å². The van der Waals surface area contributed by atoms with Crippen molar-refractivity contribution >= 4 is 22.6 Å². The summed E-state index contributed by atoms with van der Waals surface area (Å²) in [4.78, 5) is 11.5. The monoisotopic (exact) mass is 370 g/mol. The van der Waals surface area contributed by atoms with E-state index in [0.29, 0.717) is 17.9 Å². The summed E-state index contributed by atoms with van der Waals surface area (Å²) >= 11 is 0. The Kier molecular flexibility index (Phi) is 5.88. The highest BCUT2D eigenvalue weighted by atomic mass is 28.4. The number of carboxylic acid groups (broad SMARTS) is 1. The zero-order valence-corrected chi connectivity index (χ0v) is 18.5. The van der Waals surface area contributed by atoms with E-state index in [1.54, 1.807) is 0 Å². The van der Waals surface area contributed by atoms with E-state index in [1.165, 1.54) is 0 Å². The molecule has 0 radical (unpaired) electrons. The maximum Gasteiger partial charge on any atom is 0.307 e. The molecule has 0 unspecified atom stereocenters. The lowest BCUT2D eigenvalue weighted by Gasteiger charge is -2.31. The van der Waals surface area contributed by atoms with Gasteiger partial charge < -0.3 is 14.0 Å². The maximum absolute atomic E-state index is 11.5. The zero-order chi connectivity index (χ0) is 19.1. The fourth-order valence-electron chi connectivity index (χ4n) is 3.30. The number of rotatable bonds is 9. The summed E-state index contributed by atoms with van der Waals surface area (Å²) in [6, 6.07) is 0. The summed E-state index contributed by atoms with van der Waals surface area (Å²) in [5.74, 6) is 0.228. The molecular weight excluding hydrogens is 336 g/mol. The molecule has 0 aromatic carbocycles. The third-order valence-electron chi connectivity index (χ3n) is 4.46. The maximum atomic E-state index is 11.5. The van der Waals surface area contributed by atoms with Crippen LogP contribution in [0.1, 0.15) is 20.3 Å². The Morgan fingerprint density at radius 2 is 1.42 bits per heavy atom. The van der Waals surface area contributed by atoms with Gasteiger partial charge in [0.15, 0.2) is 0 Å². The van der Waals surface area contributed by atoms with Crippen LogP contribution in [0.15, 0.2) is 24.7 Å². The van der Waals surface area contributed by atoms with E-state index in [-0.39, 0.29) is 23.2 Å². The molecule has 0 aromatic heterocycles. The molecule has 0 bridgehead atoms. The molecule has 1 N–H and O–H groups in total. The van der Waals surface area contributed by atoms with Gasteiger partial charge in [-0.1, -0.05) is 27.0 Å². The summed E-state index contributed by atoms with van der Waals surface area (Å²) in [5.41, 5.74) is -0.205. The van der Waals surface area contributed by atoms with Gasteiger partial charge in [0.25, 0.3) is 0 Å². The van der Waals surface area contributed by atoms with Gasteiger partial charge in [-0.15, -0.1) is 0 Å². The third-order valence-corrected chi connectivity index (χ3v) is 6.21. The molecule has 1 aliphatic carbocycles. The standard InChI is InChI=1S/C18H34O4Si2/c1-12(21-23(5,6)7)14(13(2)22-24(8,9)10)11-15-16(17(19)20)18(15,3)4/h14-16H,1-2,11H2,3-10H3,(H,19,20)/t15-,16-/m1/s1. The van der Waals surface area contributed by atoms with Gasteiger partial charge >= 0.3 is 5.97 Å². The fourth-order valence-corrected chi connectivity index (χ4v) is 5.16.